The third kappa shape index (κ3) is 6.42. The highest BCUT2D eigenvalue weighted by molar-refractivity contribution is 5.78. The van der Waals surface area contributed by atoms with Gasteiger partial charge in [-0.25, -0.2) is 0 Å². The maximum Gasteiger partial charge on any atom is 0.236 e. The lowest BCUT2D eigenvalue weighted by atomic mass is 9.93. The van der Waals surface area contributed by atoms with Gasteiger partial charge in [-0.3, -0.25) is 19.4 Å². The Hall–Kier alpha value is -2.70. The van der Waals surface area contributed by atoms with E-state index in [0.29, 0.717) is 18.9 Å². The second-order valence-corrected chi connectivity index (χ2v) is 9.39. The van der Waals surface area contributed by atoms with Gasteiger partial charge in [0.25, 0.3) is 0 Å². The number of likely N-dealkylation sites (tertiary alicyclic amines) is 1. The third-order valence-corrected chi connectivity index (χ3v) is 7.02. The molecule has 0 radical (unpaired) electrons. The molecule has 6 heteroatoms. The van der Waals surface area contributed by atoms with Gasteiger partial charge in [-0.2, -0.15) is 0 Å². The van der Waals surface area contributed by atoms with Crippen LogP contribution in [0.4, 0.5) is 0 Å². The molecule has 2 amide bonds. The highest BCUT2D eigenvalue weighted by Crippen LogP contribution is 2.29. The summed E-state index contributed by atoms with van der Waals surface area (Å²) in [5.74, 6) is 0.458. The SMILES string of the molecule is NC(=O)CCC1CCCN(CC(=O)N2CCN(C(c3ccccc3)c3ccccc3)CC2)C1. The Morgan fingerprint density at radius 1 is 0.879 bits per heavy atom. The van der Waals surface area contributed by atoms with Crippen molar-refractivity contribution >= 4 is 11.8 Å². The van der Waals surface area contributed by atoms with E-state index in [9.17, 15) is 9.59 Å². The normalized spacial score (nSPS) is 20.2. The molecule has 2 heterocycles. The number of carbonyl (C=O) groups is 2. The largest absolute Gasteiger partial charge is 0.370 e. The van der Waals surface area contributed by atoms with Gasteiger partial charge in [0.2, 0.25) is 11.8 Å². The fourth-order valence-corrected chi connectivity index (χ4v) is 5.28. The van der Waals surface area contributed by atoms with Crippen LogP contribution in [0, 0.1) is 5.92 Å². The van der Waals surface area contributed by atoms with Gasteiger partial charge < -0.3 is 10.6 Å². The Morgan fingerprint density at radius 3 is 2.06 bits per heavy atom. The monoisotopic (exact) mass is 448 g/mol. The van der Waals surface area contributed by atoms with Gasteiger partial charge in [0.1, 0.15) is 0 Å². The Morgan fingerprint density at radius 2 is 1.48 bits per heavy atom. The first-order valence-electron chi connectivity index (χ1n) is 12.2. The van der Waals surface area contributed by atoms with Crippen LogP contribution in [0.5, 0.6) is 0 Å². The quantitative estimate of drug-likeness (QED) is 0.674. The number of nitrogens with zero attached hydrogens (tertiary/aromatic N) is 3. The molecule has 2 saturated heterocycles. The molecule has 2 aromatic rings. The summed E-state index contributed by atoms with van der Waals surface area (Å²) in [6, 6.07) is 21.5. The first kappa shape index (κ1) is 23.5. The van der Waals surface area contributed by atoms with Gasteiger partial charge in [0.15, 0.2) is 0 Å². The van der Waals surface area contributed by atoms with Crippen molar-refractivity contribution in [1.29, 1.82) is 0 Å². The zero-order valence-electron chi connectivity index (χ0n) is 19.4. The van der Waals surface area contributed by atoms with Crippen LogP contribution >= 0.6 is 0 Å². The summed E-state index contributed by atoms with van der Waals surface area (Å²) in [5.41, 5.74) is 7.89. The van der Waals surface area contributed by atoms with Gasteiger partial charge in [0, 0.05) is 39.1 Å². The predicted octanol–water partition coefficient (Wildman–Crippen LogP) is 2.90. The molecular weight excluding hydrogens is 412 g/mol. The fraction of sp³-hybridized carbons (Fsp3) is 0.481. The molecule has 4 rings (SSSR count). The maximum atomic E-state index is 13.0. The number of nitrogens with two attached hydrogens (primary N) is 1. The zero-order valence-corrected chi connectivity index (χ0v) is 19.4. The molecule has 2 fully saturated rings. The summed E-state index contributed by atoms with van der Waals surface area (Å²) in [6.45, 7) is 5.57. The molecule has 0 aliphatic carbocycles. The van der Waals surface area contributed by atoms with E-state index in [2.05, 4.69) is 70.5 Å². The Labute approximate surface area is 197 Å². The number of rotatable bonds is 8. The lowest BCUT2D eigenvalue weighted by Crippen LogP contribution is -2.52. The van der Waals surface area contributed by atoms with E-state index in [1.165, 1.54) is 11.1 Å². The first-order chi connectivity index (χ1) is 16.1. The van der Waals surface area contributed by atoms with Crippen molar-refractivity contribution in [3.63, 3.8) is 0 Å². The second kappa shape index (κ2) is 11.4. The van der Waals surface area contributed by atoms with E-state index in [-0.39, 0.29) is 17.9 Å². The molecule has 2 aliphatic rings. The molecule has 2 aliphatic heterocycles. The van der Waals surface area contributed by atoms with Crippen LogP contribution in [0.15, 0.2) is 60.7 Å². The molecule has 0 aromatic heterocycles. The Kier molecular flexibility index (Phi) is 8.13. The van der Waals surface area contributed by atoms with E-state index in [0.717, 1.165) is 58.5 Å². The zero-order chi connectivity index (χ0) is 23.0. The fourth-order valence-electron chi connectivity index (χ4n) is 5.28. The molecule has 2 aromatic carbocycles. The standard InChI is InChI=1S/C27H36N4O2/c28-25(32)14-13-22-8-7-15-29(20-22)21-26(33)30-16-18-31(19-17-30)27(23-9-3-1-4-10-23)24-11-5-2-6-12-24/h1-6,9-12,22,27H,7-8,13-21H2,(H2,28,32). The lowest BCUT2D eigenvalue weighted by molar-refractivity contribution is -0.135. The average Bonchev–Trinajstić information content (AvgIpc) is 2.85. The summed E-state index contributed by atoms with van der Waals surface area (Å²) >= 11 is 0. The summed E-state index contributed by atoms with van der Waals surface area (Å²) in [6.07, 6.45) is 3.48. The highest BCUT2D eigenvalue weighted by Gasteiger charge is 2.29. The van der Waals surface area contributed by atoms with E-state index >= 15 is 0 Å². The number of piperidine rings is 1. The third-order valence-electron chi connectivity index (χ3n) is 7.02. The topological polar surface area (TPSA) is 69.9 Å². The van der Waals surface area contributed by atoms with Gasteiger partial charge in [-0.05, 0) is 42.9 Å². The minimum Gasteiger partial charge on any atom is -0.370 e. The van der Waals surface area contributed by atoms with Crippen molar-refractivity contribution in [2.75, 3.05) is 45.8 Å². The number of hydrogen-bond acceptors (Lipinski definition) is 4. The van der Waals surface area contributed by atoms with Crippen LogP contribution in [0.3, 0.4) is 0 Å². The van der Waals surface area contributed by atoms with Crippen LogP contribution in [-0.4, -0.2) is 72.3 Å². The molecule has 0 spiro atoms. The van der Waals surface area contributed by atoms with Crippen LogP contribution in [-0.2, 0) is 9.59 Å². The minimum absolute atomic E-state index is 0.206. The van der Waals surface area contributed by atoms with E-state index in [1.54, 1.807) is 0 Å². The van der Waals surface area contributed by atoms with Crippen LogP contribution in [0.2, 0.25) is 0 Å². The van der Waals surface area contributed by atoms with Crippen molar-refractivity contribution in [1.82, 2.24) is 14.7 Å². The minimum atomic E-state index is -0.231. The molecule has 1 unspecified atom stereocenters. The van der Waals surface area contributed by atoms with E-state index in [1.807, 2.05) is 4.90 Å². The van der Waals surface area contributed by atoms with E-state index < -0.39 is 0 Å². The Balaban J connectivity index is 1.33. The lowest BCUT2D eigenvalue weighted by Gasteiger charge is -2.41. The van der Waals surface area contributed by atoms with Gasteiger partial charge >= 0.3 is 0 Å². The summed E-state index contributed by atoms with van der Waals surface area (Å²) in [5, 5.41) is 0. The molecule has 0 bridgehead atoms. The number of piperazine rings is 1. The van der Waals surface area contributed by atoms with Crippen molar-refractivity contribution in [3.8, 4) is 0 Å². The number of amides is 2. The molecule has 0 saturated carbocycles. The molecular formula is C27H36N4O2. The molecule has 6 nitrogen and oxygen atoms in total. The summed E-state index contributed by atoms with van der Waals surface area (Å²) in [4.78, 5) is 30.9. The number of carbonyl (C=O) groups excluding carboxylic acids is 2. The summed E-state index contributed by atoms with van der Waals surface area (Å²) < 4.78 is 0. The van der Waals surface area contributed by atoms with Crippen LogP contribution in [0.25, 0.3) is 0 Å². The number of hydrogen-bond donors (Lipinski definition) is 1. The highest BCUT2D eigenvalue weighted by atomic mass is 16.2. The maximum absolute atomic E-state index is 13.0. The Bertz CT molecular complexity index is 857. The predicted molar refractivity (Wildman–Crippen MR) is 130 cm³/mol. The van der Waals surface area contributed by atoms with Crippen LogP contribution in [0.1, 0.15) is 42.9 Å². The van der Waals surface area contributed by atoms with E-state index in [4.69, 9.17) is 5.73 Å². The smallest absolute Gasteiger partial charge is 0.236 e. The van der Waals surface area contributed by atoms with Gasteiger partial charge in [-0.1, -0.05) is 60.7 Å². The van der Waals surface area contributed by atoms with Crippen molar-refractivity contribution in [3.05, 3.63) is 71.8 Å². The van der Waals surface area contributed by atoms with Crippen molar-refractivity contribution < 1.29 is 9.59 Å². The molecule has 33 heavy (non-hydrogen) atoms. The van der Waals surface area contributed by atoms with Crippen LogP contribution < -0.4 is 5.73 Å². The van der Waals surface area contributed by atoms with Gasteiger partial charge in [-0.15, -0.1) is 0 Å². The number of primary amides is 1. The molecule has 2 N–H and O–H groups in total. The first-order valence-corrected chi connectivity index (χ1v) is 12.2. The van der Waals surface area contributed by atoms with Crippen molar-refractivity contribution in [2.24, 2.45) is 11.7 Å². The van der Waals surface area contributed by atoms with Gasteiger partial charge in [0.05, 0.1) is 12.6 Å². The van der Waals surface area contributed by atoms with Crippen molar-refractivity contribution in [2.45, 2.75) is 31.7 Å². The average molecular weight is 449 g/mol. The molecule has 1 atom stereocenters. The number of benzene rings is 2. The second-order valence-electron chi connectivity index (χ2n) is 9.39. The summed E-state index contributed by atoms with van der Waals surface area (Å²) in [7, 11) is 0. The molecule has 176 valence electrons.